The molecule has 156 valence electrons. The third kappa shape index (κ3) is 20.7. The number of nitrogens with zero attached hydrogens (tertiary/aromatic N) is 2. The van der Waals surface area contributed by atoms with E-state index in [0.717, 1.165) is 38.0 Å². The highest BCUT2D eigenvalue weighted by atomic mass is 16.6. The fraction of sp³-hybridized carbons (Fsp3) is 0.818. The second-order valence-electron chi connectivity index (χ2n) is 6.63. The van der Waals surface area contributed by atoms with Crippen molar-refractivity contribution < 1.29 is 9.53 Å². The zero-order valence-electron chi connectivity index (χ0n) is 19.3. The van der Waals surface area contributed by atoms with Gasteiger partial charge in [0.25, 0.3) is 0 Å². The van der Waals surface area contributed by atoms with Crippen LogP contribution in [-0.4, -0.2) is 35.9 Å². The maximum Gasteiger partial charge on any atom is 0.410 e. The van der Waals surface area contributed by atoms with Crippen LogP contribution in [0.4, 0.5) is 4.79 Å². The molecule has 26 heavy (non-hydrogen) atoms. The third-order valence-electron chi connectivity index (χ3n) is 2.82. The summed E-state index contributed by atoms with van der Waals surface area (Å²) in [5.41, 5.74) is 0.782. The highest BCUT2D eigenvalue weighted by molar-refractivity contribution is 5.68. The van der Waals surface area contributed by atoms with E-state index in [0.29, 0.717) is 0 Å². The van der Waals surface area contributed by atoms with Crippen LogP contribution in [0.25, 0.3) is 0 Å². The second kappa shape index (κ2) is 20.0. The molecule has 0 bridgehead atoms. The summed E-state index contributed by atoms with van der Waals surface area (Å²) in [4.78, 5) is 17.3. The van der Waals surface area contributed by atoms with Gasteiger partial charge in [0.1, 0.15) is 5.60 Å². The molecule has 0 N–H and O–H groups in total. The van der Waals surface area contributed by atoms with Gasteiger partial charge >= 0.3 is 6.09 Å². The molecule has 0 aromatic rings. The summed E-state index contributed by atoms with van der Waals surface area (Å²) >= 11 is 0. The number of hydrogen-bond donors (Lipinski definition) is 0. The first-order valence-corrected chi connectivity index (χ1v) is 10.5. The van der Waals surface area contributed by atoms with Gasteiger partial charge in [-0.2, -0.15) is 0 Å². The molecule has 0 saturated carbocycles. The summed E-state index contributed by atoms with van der Waals surface area (Å²) in [6, 6.07) is 0. The fourth-order valence-corrected chi connectivity index (χ4v) is 1.88. The number of aliphatic imine (C=N–C) groups is 1. The zero-order chi connectivity index (χ0) is 21.0. The predicted molar refractivity (Wildman–Crippen MR) is 117 cm³/mol. The maximum atomic E-state index is 11.5. The van der Waals surface area contributed by atoms with Crippen LogP contribution in [0.15, 0.2) is 16.8 Å². The van der Waals surface area contributed by atoms with E-state index in [1.165, 1.54) is 12.8 Å². The van der Waals surface area contributed by atoms with E-state index in [2.05, 4.69) is 24.9 Å². The van der Waals surface area contributed by atoms with E-state index in [-0.39, 0.29) is 11.7 Å². The van der Waals surface area contributed by atoms with Crippen molar-refractivity contribution in [2.45, 2.75) is 107 Å². The lowest BCUT2D eigenvalue weighted by molar-refractivity contribution is 0.0216. The van der Waals surface area contributed by atoms with Crippen LogP contribution in [0.5, 0.6) is 0 Å². The van der Waals surface area contributed by atoms with Crippen molar-refractivity contribution in [2.24, 2.45) is 4.99 Å². The molecule has 1 amide bonds. The molecule has 0 radical (unpaired) electrons. The largest absolute Gasteiger partial charge is 0.444 e. The standard InChI is InChI=1S/C10H19NO2.C5H7N.C3H8.2C2H6/c1-10(2,3)13-9(12)11-7-5-4-6-8-11;1-5-3-2-4-6-5;1-3-2;2*1-2/h4-8H2,1-3H3;3-4H,2H2,1H3;3H2,1-2H3;2*1-2H3. The van der Waals surface area contributed by atoms with Crippen molar-refractivity contribution in [1.29, 1.82) is 0 Å². The third-order valence-corrected chi connectivity index (χ3v) is 2.82. The Morgan fingerprint density at radius 2 is 1.54 bits per heavy atom. The Balaban J connectivity index is -0.000000338. The summed E-state index contributed by atoms with van der Waals surface area (Å²) < 4.78 is 5.26. The first-order valence-electron chi connectivity index (χ1n) is 10.5. The molecule has 0 unspecified atom stereocenters. The van der Waals surface area contributed by atoms with Crippen molar-refractivity contribution in [3.8, 4) is 0 Å². The Hall–Kier alpha value is -1.32. The van der Waals surface area contributed by atoms with Crippen molar-refractivity contribution in [3.63, 3.8) is 0 Å². The van der Waals surface area contributed by atoms with Gasteiger partial charge in [-0.25, -0.2) is 4.79 Å². The van der Waals surface area contributed by atoms with Crippen molar-refractivity contribution in [3.05, 3.63) is 11.8 Å². The summed E-state index contributed by atoms with van der Waals surface area (Å²) in [5, 5.41) is 0. The van der Waals surface area contributed by atoms with E-state index < -0.39 is 0 Å². The number of allylic oxidation sites excluding steroid dienone is 2. The smallest absolute Gasteiger partial charge is 0.410 e. The van der Waals surface area contributed by atoms with Crippen LogP contribution < -0.4 is 0 Å². The minimum Gasteiger partial charge on any atom is -0.444 e. The van der Waals surface area contributed by atoms with Crippen LogP contribution in [0.1, 0.15) is 101 Å². The number of piperidine rings is 1. The number of carbonyl (C=O) groups excluding carboxylic acids is 1. The molecule has 0 atom stereocenters. The Bertz CT molecular complexity index is 360. The van der Waals surface area contributed by atoms with Gasteiger partial charge in [0, 0.05) is 31.4 Å². The van der Waals surface area contributed by atoms with Gasteiger partial charge in [0.15, 0.2) is 0 Å². The lowest BCUT2D eigenvalue weighted by atomic mass is 10.1. The molecule has 1 saturated heterocycles. The highest BCUT2D eigenvalue weighted by Gasteiger charge is 2.22. The Morgan fingerprint density at radius 3 is 1.81 bits per heavy atom. The lowest BCUT2D eigenvalue weighted by Gasteiger charge is -2.29. The lowest BCUT2D eigenvalue weighted by Crippen LogP contribution is -2.39. The molecule has 0 aromatic heterocycles. The molecule has 4 heteroatoms. The molecule has 4 nitrogen and oxygen atoms in total. The second-order valence-corrected chi connectivity index (χ2v) is 6.63. The molecule has 0 aliphatic carbocycles. The van der Waals surface area contributed by atoms with Gasteiger partial charge in [-0.3, -0.25) is 4.99 Å². The average Bonchev–Trinajstić information content (AvgIpc) is 3.10. The number of ether oxygens (including phenoxy) is 1. The van der Waals surface area contributed by atoms with Gasteiger partial charge < -0.3 is 9.64 Å². The molecule has 2 aliphatic rings. The Kier molecular flexibility index (Phi) is 22.6. The monoisotopic (exact) mass is 370 g/mol. The van der Waals surface area contributed by atoms with Crippen LogP contribution in [0.2, 0.25) is 0 Å². The minimum absolute atomic E-state index is 0.160. The van der Waals surface area contributed by atoms with E-state index in [4.69, 9.17) is 4.74 Å². The SMILES string of the molecule is CC.CC.CC(C)(C)OC(=O)N1CCCCC1.CC1=CCC=N1.CCC. The van der Waals surface area contributed by atoms with Gasteiger partial charge in [-0.15, -0.1) is 0 Å². The molecule has 2 rings (SSSR count). The number of carbonyl (C=O) groups is 1. The molecular formula is C22H46N2O2. The number of likely N-dealkylation sites (tertiary alicyclic amines) is 1. The summed E-state index contributed by atoms with van der Waals surface area (Å²) in [5.74, 6) is 0. The average molecular weight is 371 g/mol. The van der Waals surface area contributed by atoms with Crippen LogP contribution in [-0.2, 0) is 4.74 Å². The van der Waals surface area contributed by atoms with Crippen LogP contribution >= 0.6 is 0 Å². The van der Waals surface area contributed by atoms with E-state index in [1.54, 1.807) is 4.90 Å². The van der Waals surface area contributed by atoms with Gasteiger partial charge in [-0.05, 0) is 47.0 Å². The van der Waals surface area contributed by atoms with Crippen molar-refractivity contribution in [2.75, 3.05) is 13.1 Å². The summed E-state index contributed by atoms with van der Waals surface area (Å²) in [6.07, 6.45) is 9.59. The summed E-state index contributed by atoms with van der Waals surface area (Å²) in [6.45, 7) is 21.7. The molecule has 0 aromatic carbocycles. The maximum absolute atomic E-state index is 11.5. The van der Waals surface area contributed by atoms with Gasteiger partial charge in [0.05, 0.1) is 0 Å². The van der Waals surface area contributed by atoms with Gasteiger partial charge in [-0.1, -0.05) is 54.0 Å². The molecular weight excluding hydrogens is 324 g/mol. The highest BCUT2D eigenvalue weighted by Crippen LogP contribution is 2.14. The Labute approximate surface area is 164 Å². The van der Waals surface area contributed by atoms with E-state index in [9.17, 15) is 4.79 Å². The number of amides is 1. The van der Waals surface area contributed by atoms with Crippen molar-refractivity contribution in [1.82, 2.24) is 4.90 Å². The molecule has 1 fully saturated rings. The quantitative estimate of drug-likeness (QED) is 0.451. The zero-order valence-corrected chi connectivity index (χ0v) is 19.3. The van der Waals surface area contributed by atoms with Crippen LogP contribution in [0, 0.1) is 0 Å². The molecule has 0 spiro atoms. The van der Waals surface area contributed by atoms with E-state index >= 15 is 0 Å². The molecule has 2 aliphatic heterocycles. The fourth-order valence-electron chi connectivity index (χ4n) is 1.88. The summed E-state index contributed by atoms with van der Waals surface area (Å²) in [7, 11) is 0. The number of rotatable bonds is 0. The first kappa shape index (κ1) is 29.4. The topological polar surface area (TPSA) is 41.9 Å². The molecule has 2 heterocycles. The Morgan fingerprint density at radius 1 is 1.08 bits per heavy atom. The van der Waals surface area contributed by atoms with E-state index in [1.807, 2.05) is 61.6 Å². The first-order chi connectivity index (χ1) is 12.3. The number of hydrogen-bond acceptors (Lipinski definition) is 3. The van der Waals surface area contributed by atoms with Crippen LogP contribution in [0.3, 0.4) is 0 Å². The predicted octanol–water partition coefficient (Wildman–Crippen LogP) is 7.24. The normalized spacial score (nSPS) is 14.7. The van der Waals surface area contributed by atoms with Gasteiger partial charge in [0.2, 0.25) is 0 Å². The minimum atomic E-state index is -0.367. The van der Waals surface area contributed by atoms with Crippen molar-refractivity contribution >= 4 is 12.3 Å².